The Morgan fingerprint density at radius 2 is 1.67 bits per heavy atom. The van der Waals surface area contributed by atoms with E-state index in [1.54, 1.807) is 6.92 Å². The van der Waals surface area contributed by atoms with Crippen molar-refractivity contribution in [1.82, 2.24) is 4.90 Å². The summed E-state index contributed by atoms with van der Waals surface area (Å²) in [6.45, 7) is 5.03. The van der Waals surface area contributed by atoms with Crippen LogP contribution in [-0.4, -0.2) is 37.1 Å². The average Bonchev–Trinajstić information content (AvgIpc) is 1.85. The molecule has 0 heterocycles. The smallest absolute Gasteiger partial charge is 0.330 e. The van der Waals surface area contributed by atoms with E-state index in [0.717, 1.165) is 0 Å². The Balaban J connectivity index is -0.000000142. The highest BCUT2D eigenvalue weighted by Crippen LogP contribution is 1.93. The van der Waals surface area contributed by atoms with Gasteiger partial charge in [0, 0.05) is 5.57 Å². The third kappa shape index (κ3) is 22.7. The third-order valence-corrected chi connectivity index (χ3v) is 0.729. The molecule has 0 aliphatic heterocycles. The van der Waals surface area contributed by atoms with Gasteiger partial charge < -0.3 is 10.0 Å². The Kier molecular flexibility index (Phi) is 15.3. The van der Waals surface area contributed by atoms with Crippen molar-refractivity contribution in [3.05, 3.63) is 12.2 Å². The first-order valence-electron chi connectivity index (χ1n) is 3.43. The molecule has 0 spiro atoms. The summed E-state index contributed by atoms with van der Waals surface area (Å²) in [5, 5.41) is 8.08. The van der Waals surface area contributed by atoms with Crippen molar-refractivity contribution in [3.8, 4) is 0 Å². The second-order valence-corrected chi connectivity index (χ2v) is 2.60. The fraction of sp³-hybridized carbons (Fsp3) is 0.625. The number of carboxylic acid groups (broad SMARTS) is 1. The Morgan fingerprint density at radius 3 is 1.67 bits per heavy atom. The van der Waals surface area contributed by atoms with Gasteiger partial charge in [-0.3, -0.25) is 0 Å². The summed E-state index contributed by atoms with van der Waals surface area (Å²) in [6, 6.07) is 0. The molecule has 0 unspecified atom stereocenters. The van der Waals surface area contributed by atoms with Gasteiger partial charge in [0.05, 0.1) is 0 Å². The predicted octanol–water partition coefficient (Wildman–Crippen LogP) is 1.64. The van der Waals surface area contributed by atoms with Crippen molar-refractivity contribution >= 4 is 18.4 Å². The van der Waals surface area contributed by atoms with Crippen LogP contribution < -0.4 is 0 Å². The molecule has 3 nitrogen and oxygen atoms in total. The molecule has 4 heteroatoms. The van der Waals surface area contributed by atoms with Crippen molar-refractivity contribution < 1.29 is 9.90 Å². The summed E-state index contributed by atoms with van der Waals surface area (Å²) in [5.41, 5.74) is 0.264. The van der Waals surface area contributed by atoms with Crippen molar-refractivity contribution in [2.24, 2.45) is 0 Å². The van der Waals surface area contributed by atoms with Crippen molar-refractivity contribution in [3.63, 3.8) is 0 Å². The topological polar surface area (TPSA) is 40.5 Å². The van der Waals surface area contributed by atoms with Gasteiger partial charge in [-0.25, -0.2) is 4.79 Å². The maximum atomic E-state index is 9.83. The van der Waals surface area contributed by atoms with E-state index in [1.807, 2.05) is 26.0 Å². The molecule has 0 aromatic heterocycles. The first-order chi connectivity index (χ1) is 4.91. The minimum absolute atomic E-state index is 0. The first kappa shape index (κ1) is 17.5. The summed E-state index contributed by atoms with van der Waals surface area (Å²) in [4.78, 5) is 11.8. The lowest BCUT2D eigenvalue weighted by Crippen LogP contribution is -1.99. The van der Waals surface area contributed by atoms with Crippen LogP contribution in [-0.2, 0) is 4.79 Å². The first-order valence-corrected chi connectivity index (χ1v) is 3.43. The van der Waals surface area contributed by atoms with Crippen LogP contribution in [0.1, 0.15) is 13.3 Å². The number of hydrogen-bond donors (Lipinski definition) is 1. The zero-order valence-corrected chi connectivity index (χ0v) is 8.94. The second kappa shape index (κ2) is 10.5. The molecule has 0 aromatic rings. The van der Waals surface area contributed by atoms with Gasteiger partial charge in [0.1, 0.15) is 0 Å². The van der Waals surface area contributed by atoms with Crippen LogP contribution in [0.2, 0.25) is 0 Å². The number of carbonyl (C=O) groups is 1. The standard InChI is InChI=1S/C5H8O2.C3H9N.ClH/c1-3-4(2)5(6)7;1-4(2)3;/h2-3H2,1H3,(H,6,7);1-3H3;1H. The molecule has 0 radical (unpaired) electrons. The van der Waals surface area contributed by atoms with E-state index in [4.69, 9.17) is 5.11 Å². The van der Waals surface area contributed by atoms with E-state index in [2.05, 4.69) is 6.58 Å². The van der Waals surface area contributed by atoms with Crippen LogP contribution in [0.15, 0.2) is 12.2 Å². The predicted molar refractivity (Wildman–Crippen MR) is 53.9 cm³/mol. The zero-order valence-electron chi connectivity index (χ0n) is 8.13. The molecule has 0 saturated carbocycles. The lowest BCUT2D eigenvalue weighted by Gasteiger charge is -1.90. The monoisotopic (exact) mass is 195 g/mol. The molecular weight excluding hydrogens is 178 g/mol. The maximum Gasteiger partial charge on any atom is 0.330 e. The Bertz CT molecular complexity index is 132. The molecule has 0 fully saturated rings. The van der Waals surface area contributed by atoms with Gasteiger partial charge in [-0.05, 0) is 27.6 Å². The summed E-state index contributed by atoms with van der Waals surface area (Å²) >= 11 is 0. The molecule has 0 saturated heterocycles. The Labute approximate surface area is 80.5 Å². The summed E-state index contributed by atoms with van der Waals surface area (Å²) in [7, 11) is 6.00. The van der Waals surface area contributed by atoms with E-state index in [0.29, 0.717) is 6.42 Å². The molecule has 0 aliphatic rings. The number of nitrogens with zero attached hydrogens (tertiary/aromatic N) is 1. The molecule has 1 N–H and O–H groups in total. The van der Waals surface area contributed by atoms with Crippen LogP contribution in [0.4, 0.5) is 0 Å². The zero-order chi connectivity index (χ0) is 9.44. The van der Waals surface area contributed by atoms with E-state index in [9.17, 15) is 4.79 Å². The van der Waals surface area contributed by atoms with E-state index in [1.165, 1.54) is 0 Å². The Morgan fingerprint density at radius 1 is 1.42 bits per heavy atom. The van der Waals surface area contributed by atoms with Crippen molar-refractivity contribution in [2.45, 2.75) is 13.3 Å². The van der Waals surface area contributed by atoms with Crippen molar-refractivity contribution in [1.29, 1.82) is 0 Å². The minimum Gasteiger partial charge on any atom is -0.478 e. The van der Waals surface area contributed by atoms with Crippen LogP contribution in [0.25, 0.3) is 0 Å². The van der Waals surface area contributed by atoms with Crippen LogP contribution in [0, 0.1) is 0 Å². The van der Waals surface area contributed by atoms with Crippen molar-refractivity contribution in [2.75, 3.05) is 21.1 Å². The molecule has 74 valence electrons. The molecule has 0 atom stereocenters. The molecule has 0 rings (SSSR count). The van der Waals surface area contributed by atoms with E-state index >= 15 is 0 Å². The van der Waals surface area contributed by atoms with Crippen LogP contribution in [0.5, 0.6) is 0 Å². The number of halogens is 1. The third-order valence-electron chi connectivity index (χ3n) is 0.729. The lowest BCUT2D eigenvalue weighted by atomic mass is 10.2. The normalized spacial score (nSPS) is 7.75. The number of carboxylic acids is 1. The average molecular weight is 196 g/mol. The van der Waals surface area contributed by atoms with Gasteiger partial charge in [-0.2, -0.15) is 0 Å². The summed E-state index contributed by atoms with van der Waals surface area (Å²) < 4.78 is 0. The van der Waals surface area contributed by atoms with Gasteiger partial charge in [0.15, 0.2) is 0 Å². The Hall–Kier alpha value is -0.540. The largest absolute Gasteiger partial charge is 0.478 e. The van der Waals surface area contributed by atoms with Gasteiger partial charge in [-0.1, -0.05) is 13.5 Å². The highest BCUT2D eigenvalue weighted by atomic mass is 35.5. The molecule has 0 bridgehead atoms. The molecule has 12 heavy (non-hydrogen) atoms. The maximum absolute atomic E-state index is 9.83. The number of hydrogen-bond acceptors (Lipinski definition) is 2. The molecule has 0 aliphatic carbocycles. The van der Waals surface area contributed by atoms with E-state index < -0.39 is 5.97 Å². The minimum atomic E-state index is -0.900. The molecule has 0 aromatic carbocycles. The van der Waals surface area contributed by atoms with Gasteiger partial charge >= 0.3 is 5.97 Å². The van der Waals surface area contributed by atoms with Gasteiger partial charge in [0.2, 0.25) is 0 Å². The fourth-order valence-electron chi connectivity index (χ4n) is 0.151. The highest BCUT2D eigenvalue weighted by molar-refractivity contribution is 5.85. The molecular formula is C8H18ClNO2. The fourth-order valence-corrected chi connectivity index (χ4v) is 0.151. The summed E-state index contributed by atoms with van der Waals surface area (Å²) in [5.74, 6) is -0.900. The van der Waals surface area contributed by atoms with E-state index in [-0.39, 0.29) is 18.0 Å². The SMILES string of the molecule is C=C(CC)C(=O)O.CN(C)C.Cl. The number of rotatable bonds is 2. The summed E-state index contributed by atoms with van der Waals surface area (Å²) in [6.07, 6.45) is 0.523. The van der Waals surface area contributed by atoms with Gasteiger partial charge in [0.25, 0.3) is 0 Å². The lowest BCUT2D eigenvalue weighted by molar-refractivity contribution is -0.132. The van der Waals surface area contributed by atoms with Gasteiger partial charge in [-0.15, -0.1) is 12.4 Å². The second-order valence-electron chi connectivity index (χ2n) is 2.60. The quantitative estimate of drug-likeness (QED) is 0.682. The highest BCUT2D eigenvalue weighted by Gasteiger charge is 1.96. The number of aliphatic carboxylic acids is 1. The molecule has 0 amide bonds. The van der Waals surface area contributed by atoms with Crippen LogP contribution >= 0.6 is 12.4 Å². The van der Waals surface area contributed by atoms with Crippen LogP contribution in [0.3, 0.4) is 0 Å².